The van der Waals surface area contributed by atoms with Crippen LogP contribution in [0.25, 0.3) is 0 Å². The molecule has 0 spiro atoms. The summed E-state index contributed by atoms with van der Waals surface area (Å²) in [5.41, 5.74) is 4.92. The number of rotatable bonds is 6. The zero-order valence-electron chi connectivity index (χ0n) is 9.32. The van der Waals surface area contributed by atoms with E-state index in [1.54, 1.807) is 0 Å². The van der Waals surface area contributed by atoms with E-state index in [0.29, 0.717) is 6.42 Å². The molecule has 100 valence electrons. The molecule has 0 saturated carbocycles. The van der Waals surface area contributed by atoms with Crippen LogP contribution in [0.3, 0.4) is 0 Å². The van der Waals surface area contributed by atoms with Crippen molar-refractivity contribution in [2.24, 2.45) is 5.73 Å². The van der Waals surface area contributed by atoms with Crippen molar-refractivity contribution in [3.05, 3.63) is 28.5 Å². The van der Waals surface area contributed by atoms with Gasteiger partial charge in [0.15, 0.2) is 0 Å². The van der Waals surface area contributed by atoms with E-state index < -0.39 is 21.7 Å². The maximum atomic E-state index is 13.2. The van der Waals surface area contributed by atoms with Gasteiger partial charge in [0.05, 0.1) is 9.37 Å². The lowest BCUT2D eigenvalue weighted by molar-refractivity contribution is -0.118. The minimum absolute atomic E-state index is 0.0724. The highest BCUT2D eigenvalue weighted by atomic mass is 79.9. The fourth-order valence-corrected chi connectivity index (χ4v) is 2.53. The van der Waals surface area contributed by atoms with Crippen LogP contribution in [0, 0.1) is 5.82 Å². The molecular weight excluding hydrogens is 327 g/mol. The number of halogens is 2. The van der Waals surface area contributed by atoms with Crippen LogP contribution in [0.1, 0.15) is 12.8 Å². The van der Waals surface area contributed by atoms with Crippen LogP contribution in [0.5, 0.6) is 0 Å². The molecule has 0 unspecified atom stereocenters. The zero-order chi connectivity index (χ0) is 13.8. The van der Waals surface area contributed by atoms with Crippen LogP contribution >= 0.6 is 15.9 Å². The Morgan fingerprint density at radius 1 is 1.44 bits per heavy atom. The zero-order valence-corrected chi connectivity index (χ0v) is 11.7. The first-order chi connectivity index (χ1) is 8.33. The molecule has 3 N–H and O–H groups in total. The van der Waals surface area contributed by atoms with Gasteiger partial charge in [0, 0.05) is 13.0 Å². The Morgan fingerprint density at radius 3 is 2.67 bits per heavy atom. The van der Waals surface area contributed by atoms with Gasteiger partial charge in [-0.2, -0.15) is 0 Å². The van der Waals surface area contributed by atoms with Gasteiger partial charge in [-0.3, -0.25) is 4.79 Å². The Bertz CT molecular complexity index is 548. The number of carbonyl (C=O) groups is 1. The molecule has 1 amide bonds. The standard InChI is InChI=1S/C10H12BrFN2O3S/c11-8-4-3-7(6-9(8)12)18(16,17)14-5-1-2-10(13)15/h3-4,6,14H,1-2,5H2,(H2,13,15). The lowest BCUT2D eigenvalue weighted by Gasteiger charge is -2.06. The van der Waals surface area contributed by atoms with E-state index in [9.17, 15) is 17.6 Å². The predicted molar refractivity (Wildman–Crippen MR) is 67.7 cm³/mol. The molecule has 0 aliphatic carbocycles. The minimum atomic E-state index is -3.76. The van der Waals surface area contributed by atoms with Crippen molar-refractivity contribution in [1.82, 2.24) is 4.72 Å². The Balaban J connectivity index is 2.68. The molecule has 5 nitrogen and oxygen atoms in total. The molecule has 0 radical (unpaired) electrons. The van der Waals surface area contributed by atoms with Gasteiger partial charge in [0.25, 0.3) is 0 Å². The average molecular weight is 339 g/mol. The highest BCUT2D eigenvalue weighted by molar-refractivity contribution is 9.10. The summed E-state index contributed by atoms with van der Waals surface area (Å²) in [7, 11) is -3.76. The molecule has 18 heavy (non-hydrogen) atoms. The second kappa shape index (κ2) is 6.26. The fourth-order valence-electron chi connectivity index (χ4n) is 1.20. The minimum Gasteiger partial charge on any atom is -0.370 e. The van der Waals surface area contributed by atoms with Crippen LogP contribution in [-0.4, -0.2) is 20.9 Å². The molecule has 0 saturated heterocycles. The number of nitrogens with one attached hydrogen (secondary N) is 1. The Labute approximate surface area is 113 Å². The maximum Gasteiger partial charge on any atom is 0.240 e. The van der Waals surface area contributed by atoms with Crippen molar-refractivity contribution in [2.45, 2.75) is 17.7 Å². The van der Waals surface area contributed by atoms with Crippen LogP contribution in [0.4, 0.5) is 4.39 Å². The lowest BCUT2D eigenvalue weighted by atomic mass is 10.3. The Hall–Kier alpha value is -0.990. The van der Waals surface area contributed by atoms with Crippen molar-refractivity contribution >= 4 is 31.9 Å². The molecule has 0 aliphatic rings. The normalized spacial score (nSPS) is 11.4. The highest BCUT2D eigenvalue weighted by Gasteiger charge is 2.15. The highest BCUT2D eigenvalue weighted by Crippen LogP contribution is 2.19. The monoisotopic (exact) mass is 338 g/mol. The number of nitrogens with two attached hydrogens (primary N) is 1. The Morgan fingerprint density at radius 2 is 2.11 bits per heavy atom. The summed E-state index contributed by atoms with van der Waals surface area (Å²) >= 11 is 2.93. The maximum absolute atomic E-state index is 13.2. The topological polar surface area (TPSA) is 89.3 Å². The second-order valence-electron chi connectivity index (χ2n) is 3.54. The Kier molecular flexibility index (Phi) is 5.24. The third-order valence-electron chi connectivity index (χ3n) is 2.09. The van der Waals surface area contributed by atoms with Crippen molar-refractivity contribution in [1.29, 1.82) is 0 Å². The van der Waals surface area contributed by atoms with Crippen molar-refractivity contribution in [3.63, 3.8) is 0 Å². The second-order valence-corrected chi connectivity index (χ2v) is 6.16. The SMILES string of the molecule is NC(=O)CCCNS(=O)(=O)c1ccc(Br)c(F)c1. The lowest BCUT2D eigenvalue weighted by Crippen LogP contribution is -2.26. The largest absolute Gasteiger partial charge is 0.370 e. The first-order valence-corrected chi connectivity index (χ1v) is 7.33. The van der Waals surface area contributed by atoms with Gasteiger partial charge in [-0.1, -0.05) is 0 Å². The van der Waals surface area contributed by atoms with E-state index in [-0.39, 0.29) is 22.3 Å². The molecule has 0 aliphatic heterocycles. The smallest absolute Gasteiger partial charge is 0.240 e. The van der Waals surface area contributed by atoms with Crippen LogP contribution in [0.15, 0.2) is 27.6 Å². The van der Waals surface area contributed by atoms with E-state index in [1.165, 1.54) is 12.1 Å². The number of benzene rings is 1. The summed E-state index contributed by atoms with van der Waals surface area (Å²) in [5.74, 6) is -1.15. The van der Waals surface area contributed by atoms with Gasteiger partial charge in [-0.25, -0.2) is 17.5 Å². The summed E-state index contributed by atoms with van der Waals surface area (Å²) in [5, 5.41) is 0. The molecule has 0 aromatic heterocycles. The number of amides is 1. The van der Waals surface area contributed by atoms with Crippen molar-refractivity contribution < 1.29 is 17.6 Å². The van der Waals surface area contributed by atoms with E-state index >= 15 is 0 Å². The first kappa shape index (κ1) is 15.1. The summed E-state index contributed by atoms with van der Waals surface area (Å²) in [4.78, 5) is 10.3. The van der Waals surface area contributed by atoms with Gasteiger partial charge in [0.1, 0.15) is 5.82 Å². The number of primary amides is 1. The number of hydrogen-bond acceptors (Lipinski definition) is 3. The number of sulfonamides is 1. The first-order valence-electron chi connectivity index (χ1n) is 5.06. The summed E-state index contributed by atoms with van der Waals surface area (Å²) in [6, 6.07) is 3.51. The average Bonchev–Trinajstić information content (AvgIpc) is 2.28. The molecule has 0 bridgehead atoms. The molecule has 0 atom stereocenters. The van der Waals surface area contributed by atoms with Gasteiger partial charge in [-0.05, 0) is 40.5 Å². The molecule has 8 heteroatoms. The van der Waals surface area contributed by atoms with Crippen LogP contribution in [-0.2, 0) is 14.8 Å². The van der Waals surface area contributed by atoms with Crippen LogP contribution < -0.4 is 10.5 Å². The fraction of sp³-hybridized carbons (Fsp3) is 0.300. The molecule has 1 aromatic carbocycles. The van der Waals surface area contributed by atoms with E-state index in [4.69, 9.17) is 5.73 Å². The van der Waals surface area contributed by atoms with Crippen molar-refractivity contribution in [3.8, 4) is 0 Å². The summed E-state index contributed by atoms with van der Waals surface area (Å²) < 4.78 is 39.1. The van der Waals surface area contributed by atoms with E-state index in [0.717, 1.165) is 6.07 Å². The molecule has 1 rings (SSSR count). The van der Waals surface area contributed by atoms with E-state index in [1.807, 2.05) is 0 Å². The van der Waals surface area contributed by atoms with Gasteiger partial charge in [0.2, 0.25) is 15.9 Å². The molecule has 1 aromatic rings. The third kappa shape index (κ3) is 4.35. The molecule has 0 heterocycles. The summed E-state index contributed by atoms with van der Waals surface area (Å²) in [6.45, 7) is 0.0724. The number of carbonyl (C=O) groups excluding carboxylic acids is 1. The summed E-state index contributed by atoms with van der Waals surface area (Å²) in [6.07, 6.45) is 0.394. The number of hydrogen-bond donors (Lipinski definition) is 2. The van der Waals surface area contributed by atoms with E-state index in [2.05, 4.69) is 20.7 Å². The van der Waals surface area contributed by atoms with Crippen LogP contribution in [0.2, 0.25) is 0 Å². The van der Waals surface area contributed by atoms with Gasteiger partial charge in [-0.15, -0.1) is 0 Å². The quantitative estimate of drug-likeness (QED) is 0.762. The van der Waals surface area contributed by atoms with Gasteiger partial charge >= 0.3 is 0 Å². The third-order valence-corrected chi connectivity index (χ3v) is 4.20. The predicted octanol–water partition coefficient (Wildman–Crippen LogP) is 1.13. The van der Waals surface area contributed by atoms with Crippen molar-refractivity contribution in [2.75, 3.05) is 6.54 Å². The molecular formula is C10H12BrFN2O3S. The van der Waals surface area contributed by atoms with Gasteiger partial charge < -0.3 is 5.73 Å². The molecule has 0 fully saturated rings.